The van der Waals surface area contributed by atoms with Crippen LogP contribution in [0.1, 0.15) is 105 Å². The summed E-state index contributed by atoms with van der Waals surface area (Å²) in [6.45, 7) is 28.5. The zero-order valence-electron chi connectivity index (χ0n) is 44.6. The van der Waals surface area contributed by atoms with Crippen molar-refractivity contribution in [2.45, 2.75) is 105 Å². The van der Waals surface area contributed by atoms with Gasteiger partial charge in [0.25, 0.3) is 6.71 Å². The maximum Gasteiger partial charge on any atom is 0.252 e. The van der Waals surface area contributed by atoms with Gasteiger partial charge in [-0.05, 0) is 131 Å². The summed E-state index contributed by atoms with van der Waals surface area (Å²) in [5.41, 5.74) is 25.7. The summed E-state index contributed by atoms with van der Waals surface area (Å²) in [4.78, 5) is 5.52. The quantitative estimate of drug-likeness (QED) is 0.161. The molecule has 0 fully saturated rings. The lowest BCUT2D eigenvalue weighted by Crippen LogP contribution is -2.59. The lowest BCUT2D eigenvalue weighted by molar-refractivity contribution is 0.572. The molecule has 5 heterocycles. The third kappa shape index (κ3) is 6.96. The number of fused-ring (bicyclic) bond motifs is 10. The van der Waals surface area contributed by atoms with E-state index < -0.39 is 0 Å². The van der Waals surface area contributed by atoms with Crippen LogP contribution < -0.4 is 16.4 Å². The molecule has 2 aliphatic rings. The Bertz CT molecular complexity index is 3860. The average molecular weight is 946 g/mol. The molecule has 0 aliphatic carbocycles. The smallest absolute Gasteiger partial charge is 0.252 e. The number of benzene rings is 8. The second kappa shape index (κ2) is 15.5. The van der Waals surface area contributed by atoms with E-state index in [1.165, 1.54) is 116 Å². The Kier molecular flexibility index (Phi) is 9.68. The Labute approximate surface area is 431 Å². The maximum atomic E-state index is 5.52. The summed E-state index contributed by atoms with van der Waals surface area (Å²) in [5.74, 6) is 0. The van der Waals surface area contributed by atoms with E-state index in [4.69, 9.17) is 4.98 Å². The molecule has 0 bridgehead atoms. The average Bonchev–Trinajstić information content (AvgIpc) is 3.89. The minimum atomic E-state index is -0.135. The predicted octanol–water partition coefficient (Wildman–Crippen LogP) is 16.3. The molecular formula is C69H64BN3. The molecule has 2 aliphatic heterocycles. The first-order valence-electron chi connectivity index (χ1n) is 26.4. The van der Waals surface area contributed by atoms with E-state index in [1.807, 2.05) is 0 Å². The van der Waals surface area contributed by atoms with Crippen LogP contribution in [0.25, 0.3) is 99.8 Å². The van der Waals surface area contributed by atoms with Crippen molar-refractivity contribution in [3.8, 4) is 56.1 Å². The van der Waals surface area contributed by atoms with Crippen molar-refractivity contribution in [3.05, 3.63) is 192 Å². The fourth-order valence-electron chi connectivity index (χ4n) is 12.5. The van der Waals surface area contributed by atoms with E-state index in [0.717, 1.165) is 22.5 Å². The van der Waals surface area contributed by atoms with E-state index in [0.29, 0.717) is 0 Å². The molecule has 0 radical (unpaired) electrons. The molecule has 0 saturated heterocycles. The molecule has 358 valence electrons. The van der Waals surface area contributed by atoms with Crippen molar-refractivity contribution in [1.29, 1.82) is 0 Å². The second-order valence-corrected chi connectivity index (χ2v) is 25.3. The van der Waals surface area contributed by atoms with Crippen molar-refractivity contribution in [2.75, 3.05) is 0 Å². The van der Waals surface area contributed by atoms with Crippen LogP contribution in [0.2, 0.25) is 0 Å². The van der Waals surface area contributed by atoms with Gasteiger partial charge in [0.05, 0.1) is 22.4 Å². The third-order valence-corrected chi connectivity index (χ3v) is 16.2. The van der Waals surface area contributed by atoms with Gasteiger partial charge in [0.1, 0.15) is 0 Å². The van der Waals surface area contributed by atoms with Gasteiger partial charge in [-0.2, -0.15) is 0 Å². The molecule has 8 aromatic carbocycles. The topological polar surface area (TPSA) is 22.8 Å². The molecule has 0 spiro atoms. The highest BCUT2D eigenvalue weighted by Gasteiger charge is 2.43. The summed E-state index contributed by atoms with van der Waals surface area (Å²) in [6, 6.07) is 64.6. The van der Waals surface area contributed by atoms with Gasteiger partial charge < -0.3 is 9.13 Å². The highest BCUT2D eigenvalue weighted by atomic mass is 15.0. The molecular weight excluding hydrogens is 882 g/mol. The largest absolute Gasteiger partial charge is 0.310 e. The molecule has 0 unspecified atom stereocenters. The Hall–Kier alpha value is -7.43. The Morgan fingerprint density at radius 3 is 1.15 bits per heavy atom. The molecule has 0 N–H and O–H groups in total. The van der Waals surface area contributed by atoms with Gasteiger partial charge in [0, 0.05) is 55.1 Å². The molecule has 3 aromatic heterocycles. The van der Waals surface area contributed by atoms with Gasteiger partial charge in [-0.15, -0.1) is 0 Å². The van der Waals surface area contributed by atoms with E-state index >= 15 is 0 Å². The van der Waals surface area contributed by atoms with Crippen molar-refractivity contribution in [3.63, 3.8) is 0 Å². The van der Waals surface area contributed by atoms with E-state index in [-0.39, 0.29) is 28.4 Å². The van der Waals surface area contributed by atoms with Gasteiger partial charge in [0.2, 0.25) is 0 Å². The molecule has 11 aromatic rings. The number of hydrogen-bond donors (Lipinski definition) is 0. The molecule has 0 atom stereocenters. The normalized spacial score (nSPS) is 13.5. The Morgan fingerprint density at radius 1 is 0.356 bits per heavy atom. The first-order chi connectivity index (χ1) is 34.7. The number of rotatable bonds is 4. The second-order valence-electron chi connectivity index (χ2n) is 25.3. The molecule has 3 nitrogen and oxygen atoms in total. The first kappa shape index (κ1) is 45.4. The molecule has 73 heavy (non-hydrogen) atoms. The minimum absolute atomic E-state index is 0.0750. The van der Waals surface area contributed by atoms with Gasteiger partial charge in [-0.1, -0.05) is 204 Å². The summed E-state index contributed by atoms with van der Waals surface area (Å²) in [5, 5.41) is 5.30. The lowest BCUT2D eigenvalue weighted by Gasteiger charge is -2.35. The van der Waals surface area contributed by atoms with E-state index in [2.05, 4.69) is 262 Å². The Morgan fingerprint density at radius 2 is 0.753 bits per heavy atom. The van der Waals surface area contributed by atoms with Crippen LogP contribution in [0.5, 0.6) is 0 Å². The molecule has 0 saturated carbocycles. The van der Waals surface area contributed by atoms with Crippen LogP contribution >= 0.6 is 0 Å². The number of nitrogens with zero attached hydrogens (tertiary/aromatic N) is 3. The van der Waals surface area contributed by atoms with Crippen LogP contribution in [-0.4, -0.2) is 20.8 Å². The fourth-order valence-corrected chi connectivity index (χ4v) is 12.5. The third-order valence-electron chi connectivity index (χ3n) is 16.2. The fraction of sp³-hybridized carbons (Fsp3) is 0.232. The zero-order valence-corrected chi connectivity index (χ0v) is 44.6. The van der Waals surface area contributed by atoms with E-state index in [9.17, 15) is 0 Å². The highest BCUT2D eigenvalue weighted by Crippen LogP contribution is 2.48. The van der Waals surface area contributed by atoms with Gasteiger partial charge >= 0.3 is 0 Å². The summed E-state index contributed by atoms with van der Waals surface area (Å²) in [7, 11) is 0. The number of pyridine rings is 1. The standard InChI is InChI=1S/C69H64BN3/c1-66(2,3)47-37-51(68(7,8)9)61-49-31-44(41-23-16-13-17-24-41)33-53-64(49)72(57(61)39-47)59-35-46(56-30-22-29-55(71-56)43-27-20-15-21-28-43)36-60-63(59)70(53)54-34-45(42-25-18-14-19-26-42)32-50-62-52(69(10,11)12)38-48(67(4,5)6)40-58(62)73(60)65(50)54/h13-40H,1-12H3. The zero-order chi connectivity index (χ0) is 50.7. The number of aromatic nitrogens is 3. The van der Waals surface area contributed by atoms with Crippen molar-refractivity contribution >= 4 is 66.7 Å². The highest BCUT2D eigenvalue weighted by molar-refractivity contribution is 7.00. The predicted molar refractivity (Wildman–Crippen MR) is 314 cm³/mol. The van der Waals surface area contributed by atoms with Crippen LogP contribution in [0.15, 0.2) is 170 Å². The van der Waals surface area contributed by atoms with Gasteiger partial charge in [-0.25, -0.2) is 4.98 Å². The minimum Gasteiger partial charge on any atom is -0.310 e. The van der Waals surface area contributed by atoms with Crippen molar-refractivity contribution < 1.29 is 0 Å². The Balaban J connectivity index is 1.28. The van der Waals surface area contributed by atoms with Crippen LogP contribution in [-0.2, 0) is 21.7 Å². The van der Waals surface area contributed by atoms with Crippen LogP contribution in [0, 0.1) is 0 Å². The molecule has 0 amide bonds. The number of hydrogen-bond acceptors (Lipinski definition) is 1. The van der Waals surface area contributed by atoms with Crippen molar-refractivity contribution in [1.82, 2.24) is 14.1 Å². The molecule has 4 heteroatoms. The summed E-state index contributed by atoms with van der Waals surface area (Å²) < 4.78 is 5.38. The van der Waals surface area contributed by atoms with Gasteiger partial charge in [0.15, 0.2) is 0 Å². The summed E-state index contributed by atoms with van der Waals surface area (Å²) in [6.07, 6.45) is 0. The van der Waals surface area contributed by atoms with E-state index in [1.54, 1.807) is 0 Å². The van der Waals surface area contributed by atoms with Crippen LogP contribution in [0.3, 0.4) is 0 Å². The first-order valence-corrected chi connectivity index (χ1v) is 26.4. The van der Waals surface area contributed by atoms with Crippen molar-refractivity contribution in [2.24, 2.45) is 0 Å². The SMILES string of the molecule is CC(C)(C)c1cc(C(C)(C)C)c2c3cc(-c4ccccc4)cc4c3n(c2c1)-c1cc(-c2cccc(-c3ccccc3)n2)cc2c1B4c1cc(-c3ccccc3)cc3c4c(C(C)(C)C)cc(C(C)(C)C)cc4n-2c13. The maximum absolute atomic E-state index is 5.52. The van der Waals surface area contributed by atoms with Gasteiger partial charge in [-0.3, -0.25) is 0 Å². The molecule has 13 rings (SSSR count). The lowest BCUT2D eigenvalue weighted by atomic mass is 9.34. The summed E-state index contributed by atoms with van der Waals surface area (Å²) >= 11 is 0. The monoisotopic (exact) mass is 946 g/mol. The van der Waals surface area contributed by atoms with Crippen LogP contribution in [0.4, 0.5) is 0 Å².